The molecular weight excluding hydrogens is 500 g/mol. The second-order valence-corrected chi connectivity index (χ2v) is 10.4. The summed E-state index contributed by atoms with van der Waals surface area (Å²) in [4.78, 5) is 57.5. The summed E-state index contributed by atoms with van der Waals surface area (Å²) >= 11 is 0. The summed E-state index contributed by atoms with van der Waals surface area (Å²) in [5.74, 6) is -0.725. The van der Waals surface area contributed by atoms with E-state index in [4.69, 9.17) is 0 Å². The molecule has 1 aliphatic heterocycles. The summed E-state index contributed by atoms with van der Waals surface area (Å²) in [6.45, 7) is 3.65. The number of likely N-dealkylation sites (tertiary alicyclic amines) is 1. The maximum Gasteiger partial charge on any atom is 0.405 e. The van der Waals surface area contributed by atoms with E-state index in [0.717, 1.165) is 12.8 Å². The van der Waals surface area contributed by atoms with Gasteiger partial charge in [0.15, 0.2) is 0 Å². The lowest BCUT2D eigenvalue weighted by Crippen LogP contribution is -2.54. The van der Waals surface area contributed by atoms with Gasteiger partial charge in [0.25, 0.3) is 0 Å². The van der Waals surface area contributed by atoms with Crippen molar-refractivity contribution in [2.24, 2.45) is 0 Å². The van der Waals surface area contributed by atoms with E-state index >= 15 is 0 Å². The number of rotatable bonds is 20. The molecule has 220 valence electrons. The van der Waals surface area contributed by atoms with Gasteiger partial charge in [-0.05, 0) is 25.7 Å². The summed E-state index contributed by atoms with van der Waals surface area (Å²) in [5.41, 5.74) is 0.619. The van der Waals surface area contributed by atoms with Crippen molar-refractivity contribution < 1.29 is 24.3 Å². The molecule has 2 heterocycles. The third-order valence-electron chi connectivity index (χ3n) is 7.15. The van der Waals surface area contributed by atoms with Crippen molar-refractivity contribution >= 4 is 23.8 Å². The summed E-state index contributed by atoms with van der Waals surface area (Å²) in [7, 11) is 0. The van der Waals surface area contributed by atoms with Crippen LogP contribution in [0.15, 0.2) is 12.5 Å². The maximum absolute atomic E-state index is 13.1. The molecule has 1 aliphatic rings. The lowest BCUT2D eigenvalue weighted by molar-refractivity contribution is -0.139. The van der Waals surface area contributed by atoms with E-state index in [1.54, 1.807) is 0 Å². The highest BCUT2D eigenvalue weighted by molar-refractivity contribution is 5.91. The van der Waals surface area contributed by atoms with Gasteiger partial charge < -0.3 is 30.9 Å². The molecule has 0 saturated carbocycles. The maximum atomic E-state index is 13.1. The minimum atomic E-state index is -1.31. The molecule has 1 fully saturated rings. The van der Waals surface area contributed by atoms with Crippen LogP contribution in [-0.2, 0) is 20.8 Å². The average molecular weight is 549 g/mol. The Morgan fingerprint density at radius 2 is 1.67 bits per heavy atom. The summed E-state index contributed by atoms with van der Waals surface area (Å²) < 4.78 is 0. The summed E-state index contributed by atoms with van der Waals surface area (Å²) in [6, 6.07) is -1.67. The molecule has 5 N–H and O–H groups in total. The molecule has 0 aromatic carbocycles. The van der Waals surface area contributed by atoms with E-state index < -0.39 is 24.1 Å². The number of carbonyl (C=O) groups excluding carboxylic acids is 3. The first-order valence-electron chi connectivity index (χ1n) is 14.7. The van der Waals surface area contributed by atoms with Gasteiger partial charge in [-0.2, -0.15) is 0 Å². The zero-order chi connectivity index (χ0) is 28.3. The zero-order valence-corrected chi connectivity index (χ0v) is 23.5. The molecule has 39 heavy (non-hydrogen) atoms. The van der Waals surface area contributed by atoms with E-state index in [2.05, 4.69) is 32.8 Å². The summed E-state index contributed by atoms with van der Waals surface area (Å²) in [6.07, 6.45) is 16.4. The molecule has 0 radical (unpaired) electrons. The molecule has 4 amide bonds. The van der Waals surface area contributed by atoms with E-state index in [9.17, 15) is 24.3 Å². The van der Waals surface area contributed by atoms with Crippen molar-refractivity contribution in [3.05, 3.63) is 18.2 Å². The molecule has 0 bridgehead atoms. The van der Waals surface area contributed by atoms with Crippen LogP contribution in [0.1, 0.15) is 103 Å². The standard InChI is InChI=1S/C28H48N6O5/c1-2-3-4-5-6-7-8-9-10-11-16-30-25(35)15-12-17-31-26(36)24-14-13-18-34(24)27(37)23(33-28(38)39)19-22-20-29-21-32-22/h20-21,23-24,33H,2-19H2,1H3,(H,29,32)(H,30,35)(H,31,36)(H,38,39). The highest BCUT2D eigenvalue weighted by Crippen LogP contribution is 2.19. The molecule has 11 heteroatoms. The van der Waals surface area contributed by atoms with E-state index in [-0.39, 0.29) is 18.2 Å². The Morgan fingerprint density at radius 1 is 1.00 bits per heavy atom. The molecule has 1 saturated heterocycles. The van der Waals surface area contributed by atoms with Gasteiger partial charge in [0.05, 0.1) is 6.33 Å². The van der Waals surface area contributed by atoms with Gasteiger partial charge in [0.1, 0.15) is 12.1 Å². The fraction of sp³-hybridized carbons (Fsp3) is 0.750. The highest BCUT2D eigenvalue weighted by atomic mass is 16.4. The van der Waals surface area contributed by atoms with Gasteiger partial charge in [-0.25, -0.2) is 9.78 Å². The van der Waals surface area contributed by atoms with Gasteiger partial charge in [0.2, 0.25) is 17.7 Å². The molecule has 0 spiro atoms. The number of hydrogen-bond donors (Lipinski definition) is 5. The number of aromatic nitrogens is 2. The Kier molecular flexibility index (Phi) is 15.7. The molecule has 11 nitrogen and oxygen atoms in total. The lowest BCUT2D eigenvalue weighted by atomic mass is 10.1. The third-order valence-corrected chi connectivity index (χ3v) is 7.15. The van der Waals surface area contributed by atoms with Crippen LogP contribution in [0.25, 0.3) is 0 Å². The van der Waals surface area contributed by atoms with Crippen molar-refractivity contribution in [1.29, 1.82) is 0 Å². The van der Waals surface area contributed by atoms with Gasteiger partial charge in [-0.1, -0.05) is 64.7 Å². The number of amides is 4. The minimum absolute atomic E-state index is 0.0146. The van der Waals surface area contributed by atoms with E-state index in [1.165, 1.54) is 68.8 Å². The van der Waals surface area contributed by atoms with Gasteiger partial charge in [-0.3, -0.25) is 14.4 Å². The van der Waals surface area contributed by atoms with Crippen LogP contribution in [0.2, 0.25) is 0 Å². The van der Waals surface area contributed by atoms with Crippen molar-refractivity contribution in [3.63, 3.8) is 0 Å². The number of hydrogen-bond acceptors (Lipinski definition) is 5. The second kappa shape index (κ2) is 19.0. The lowest BCUT2D eigenvalue weighted by Gasteiger charge is -2.28. The minimum Gasteiger partial charge on any atom is -0.465 e. The van der Waals surface area contributed by atoms with Crippen LogP contribution >= 0.6 is 0 Å². The molecule has 2 rings (SSSR count). The number of nitrogens with one attached hydrogen (secondary N) is 4. The number of H-pyrrole nitrogens is 1. The molecule has 0 aliphatic carbocycles. The normalized spacial score (nSPS) is 15.6. The Morgan fingerprint density at radius 3 is 2.31 bits per heavy atom. The van der Waals surface area contributed by atoms with Crippen LogP contribution < -0.4 is 16.0 Å². The van der Waals surface area contributed by atoms with Crippen LogP contribution in [0.3, 0.4) is 0 Å². The Balaban J connectivity index is 1.59. The molecule has 2 unspecified atom stereocenters. The van der Waals surface area contributed by atoms with Crippen LogP contribution in [0, 0.1) is 0 Å². The first-order valence-corrected chi connectivity index (χ1v) is 14.7. The first-order chi connectivity index (χ1) is 18.9. The first kappa shape index (κ1) is 32.1. The number of imidazole rings is 1. The Hall–Kier alpha value is -3.11. The number of unbranched alkanes of at least 4 members (excludes halogenated alkanes) is 9. The predicted octanol–water partition coefficient (Wildman–Crippen LogP) is 3.51. The van der Waals surface area contributed by atoms with E-state index in [0.29, 0.717) is 51.0 Å². The van der Waals surface area contributed by atoms with Gasteiger partial charge >= 0.3 is 6.09 Å². The molecule has 1 aromatic rings. The van der Waals surface area contributed by atoms with Crippen LogP contribution in [-0.4, -0.2) is 75.5 Å². The van der Waals surface area contributed by atoms with Crippen LogP contribution in [0.5, 0.6) is 0 Å². The number of aromatic amines is 1. The fourth-order valence-corrected chi connectivity index (χ4v) is 4.98. The molecule has 2 atom stereocenters. The van der Waals surface area contributed by atoms with Crippen molar-refractivity contribution in [2.45, 2.75) is 115 Å². The SMILES string of the molecule is CCCCCCCCCCCCNC(=O)CCCNC(=O)C1CCCN1C(=O)C(Cc1cnc[nH]1)NC(=O)O. The van der Waals surface area contributed by atoms with Crippen LogP contribution in [0.4, 0.5) is 4.79 Å². The number of carboxylic acid groups (broad SMARTS) is 1. The van der Waals surface area contributed by atoms with Crippen molar-refractivity contribution in [1.82, 2.24) is 30.8 Å². The quantitative estimate of drug-likeness (QED) is 0.157. The largest absolute Gasteiger partial charge is 0.465 e. The Bertz CT molecular complexity index is 863. The van der Waals surface area contributed by atoms with Crippen molar-refractivity contribution in [3.8, 4) is 0 Å². The predicted molar refractivity (Wildman–Crippen MR) is 149 cm³/mol. The number of nitrogens with zero attached hydrogens (tertiary/aromatic N) is 2. The molecule has 1 aromatic heterocycles. The second-order valence-electron chi connectivity index (χ2n) is 10.4. The third kappa shape index (κ3) is 13.0. The topological polar surface area (TPSA) is 157 Å². The summed E-state index contributed by atoms with van der Waals surface area (Å²) in [5, 5.41) is 17.2. The highest BCUT2D eigenvalue weighted by Gasteiger charge is 2.37. The van der Waals surface area contributed by atoms with Crippen molar-refractivity contribution in [2.75, 3.05) is 19.6 Å². The fourth-order valence-electron chi connectivity index (χ4n) is 4.98. The monoisotopic (exact) mass is 548 g/mol. The van der Waals surface area contributed by atoms with Gasteiger partial charge in [0, 0.05) is 44.4 Å². The molecular formula is C28H48N6O5. The Labute approximate surface area is 232 Å². The van der Waals surface area contributed by atoms with E-state index in [1.807, 2.05) is 0 Å². The average Bonchev–Trinajstić information content (AvgIpc) is 3.61. The van der Waals surface area contributed by atoms with Gasteiger partial charge in [-0.15, -0.1) is 0 Å². The number of carbonyl (C=O) groups is 4. The zero-order valence-electron chi connectivity index (χ0n) is 23.5. The smallest absolute Gasteiger partial charge is 0.405 e.